The molecule has 148 valence electrons. The highest BCUT2D eigenvalue weighted by atomic mass is 16.1. The fourth-order valence-corrected chi connectivity index (χ4v) is 3.41. The van der Waals surface area contributed by atoms with E-state index in [1.54, 1.807) is 0 Å². The zero-order chi connectivity index (χ0) is 18.9. The van der Waals surface area contributed by atoms with Gasteiger partial charge in [-0.05, 0) is 25.5 Å². The van der Waals surface area contributed by atoms with Crippen molar-refractivity contribution in [3.05, 3.63) is 35.4 Å². The van der Waals surface area contributed by atoms with Gasteiger partial charge in [0.15, 0.2) is 0 Å². The van der Waals surface area contributed by atoms with Gasteiger partial charge < -0.3 is 5.32 Å². The van der Waals surface area contributed by atoms with Crippen LogP contribution in [0.5, 0.6) is 0 Å². The van der Waals surface area contributed by atoms with E-state index in [0.29, 0.717) is 0 Å². The zero-order valence-corrected chi connectivity index (χ0v) is 17.3. The van der Waals surface area contributed by atoms with Gasteiger partial charge in [-0.1, -0.05) is 108 Å². The Morgan fingerprint density at radius 1 is 0.769 bits per heavy atom. The fraction of sp³-hybridized carbons (Fsp3) is 0.708. The largest absolute Gasteiger partial charge is 0.352 e. The van der Waals surface area contributed by atoms with E-state index in [1.165, 1.54) is 83.5 Å². The molecule has 1 N–H and O–H groups in total. The monoisotopic (exact) mass is 359 g/mol. The van der Waals surface area contributed by atoms with Crippen molar-refractivity contribution in [1.29, 1.82) is 0 Å². The molecule has 0 spiro atoms. The number of unbranched alkanes of at least 4 members (excludes halogenated alkanes) is 13. The lowest BCUT2D eigenvalue weighted by Crippen LogP contribution is -2.24. The second kappa shape index (κ2) is 15.9. The average molecular weight is 360 g/mol. The number of nitrogens with one attached hydrogen (secondary N) is 1. The number of aryl methyl sites for hydroxylation is 1. The van der Waals surface area contributed by atoms with Gasteiger partial charge in [0.25, 0.3) is 5.91 Å². The van der Waals surface area contributed by atoms with E-state index in [1.807, 2.05) is 31.2 Å². The molecule has 0 unspecified atom stereocenters. The molecule has 2 nitrogen and oxygen atoms in total. The normalized spacial score (nSPS) is 10.8. The minimum atomic E-state index is 0.0587. The predicted octanol–water partition coefficient (Wildman–Crippen LogP) is 7.21. The summed E-state index contributed by atoms with van der Waals surface area (Å²) in [6, 6.07) is 7.79. The first-order chi connectivity index (χ1) is 12.7. The number of hydrogen-bond donors (Lipinski definition) is 1. The summed E-state index contributed by atoms with van der Waals surface area (Å²) in [7, 11) is 0. The quantitative estimate of drug-likeness (QED) is 0.310. The number of rotatable bonds is 16. The Bertz CT molecular complexity index is 469. The highest BCUT2D eigenvalue weighted by Gasteiger charge is 2.03. The molecule has 1 rings (SSSR count). The van der Waals surface area contributed by atoms with Crippen molar-refractivity contribution >= 4 is 5.91 Å². The SMILES string of the molecule is CCCCCCCCCCCCCCCCNC(=O)c1cccc(C)c1. The van der Waals surface area contributed by atoms with Gasteiger partial charge >= 0.3 is 0 Å². The molecule has 0 fully saturated rings. The van der Waals surface area contributed by atoms with E-state index < -0.39 is 0 Å². The lowest BCUT2D eigenvalue weighted by atomic mass is 10.0. The molecule has 0 aromatic heterocycles. The molecule has 1 aromatic rings. The minimum Gasteiger partial charge on any atom is -0.352 e. The number of hydrogen-bond acceptors (Lipinski definition) is 1. The Morgan fingerprint density at radius 2 is 1.27 bits per heavy atom. The molecule has 0 heterocycles. The molecule has 0 radical (unpaired) electrons. The lowest BCUT2D eigenvalue weighted by molar-refractivity contribution is 0.0953. The Kier molecular flexibility index (Phi) is 13.9. The van der Waals surface area contributed by atoms with Gasteiger partial charge in [-0.25, -0.2) is 0 Å². The lowest BCUT2D eigenvalue weighted by Gasteiger charge is -2.06. The number of carbonyl (C=O) groups is 1. The fourth-order valence-electron chi connectivity index (χ4n) is 3.41. The van der Waals surface area contributed by atoms with Gasteiger partial charge in [-0.15, -0.1) is 0 Å². The third kappa shape index (κ3) is 12.1. The van der Waals surface area contributed by atoms with Crippen LogP contribution in [0.25, 0.3) is 0 Å². The van der Waals surface area contributed by atoms with E-state index in [2.05, 4.69) is 12.2 Å². The summed E-state index contributed by atoms with van der Waals surface area (Å²) in [5.41, 5.74) is 1.91. The Balaban J connectivity index is 1.83. The first-order valence-electron chi connectivity index (χ1n) is 11.1. The standard InChI is InChI=1S/C24H41NO/c1-3-4-5-6-7-8-9-10-11-12-13-14-15-16-20-25-24(26)23-19-17-18-22(2)21-23/h17-19,21H,3-16,20H2,1-2H3,(H,25,26). The van der Waals surface area contributed by atoms with Crippen LogP contribution < -0.4 is 5.32 Å². The first-order valence-corrected chi connectivity index (χ1v) is 11.1. The average Bonchev–Trinajstić information content (AvgIpc) is 2.64. The van der Waals surface area contributed by atoms with Gasteiger partial charge in [0.2, 0.25) is 0 Å². The summed E-state index contributed by atoms with van der Waals surface area (Å²) >= 11 is 0. The van der Waals surface area contributed by atoms with Crippen LogP contribution in [0.1, 0.15) is 113 Å². The van der Waals surface area contributed by atoms with Crippen molar-refractivity contribution in [3.8, 4) is 0 Å². The first kappa shape index (κ1) is 22.7. The Labute approximate surface area is 162 Å². The molecule has 1 amide bonds. The molecule has 0 atom stereocenters. The topological polar surface area (TPSA) is 29.1 Å². The van der Waals surface area contributed by atoms with Crippen molar-refractivity contribution in [2.45, 2.75) is 104 Å². The number of carbonyl (C=O) groups excluding carboxylic acids is 1. The van der Waals surface area contributed by atoms with Crippen LogP contribution in [0.2, 0.25) is 0 Å². The van der Waals surface area contributed by atoms with Crippen molar-refractivity contribution < 1.29 is 4.79 Å². The second-order valence-corrected chi connectivity index (χ2v) is 7.72. The van der Waals surface area contributed by atoms with Crippen LogP contribution >= 0.6 is 0 Å². The van der Waals surface area contributed by atoms with E-state index in [9.17, 15) is 4.79 Å². The summed E-state index contributed by atoms with van der Waals surface area (Å²) in [5, 5.41) is 3.03. The van der Waals surface area contributed by atoms with E-state index >= 15 is 0 Å². The van der Waals surface area contributed by atoms with E-state index in [4.69, 9.17) is 0 Å². The molecule has 2 heteroatoms. The van der Waals surface area contributed by atoms with Gasteiger partial charge in [-0.3, -0.25) is 4.79 Å². The van der Waals surface area contributed by atoms with Gasteiger partial charge in [-0.2, -0.15) is 0 Å². The van der Waals surface area contributed by atoms with E-state index in [-0.39, 0.29) is 5.91 Å². The molecule has 0 aliphatic heterocycles. The van der Waals surface area contributed by atoms with Gasteiger partial charge in [0.1, 0.15) is 0 Å². The molecular weight excluding hydrogens is 318 g/mol. The third-order valence-electron chi connectivity index (χ3n) is 5.10. The summed E-state index contributed by atoms with van der Waals surface area (Å²) in [6.45, 7) is 5.09. The number of amides is 1. The summed E-state index contributed by atoms with van der Waals surface area (Å²) in [6.07, 6.45) is 19.1. The van der Waals surface area contributed by atoms with Crippen LogP contribution in [-0.2, 0) is 0 Å². The maximum Gasteiger partial charge on any atom is 0.251 e. The highest BCUT2D eigenvalue weighted by Crippen LogP contribution is 2.12. The smallest absolute Gasteiger partial charge is 0.251 e. The van der Waals surface area contributed by atoms with Crippen LogP contribution in [-0.4, -0.2) is 12.5 Å². The van der Waals surface area contributed by atoms with Crippen LogP contribution in [0, 0.1) is 6.92 Å². The molecule has 0 saturated heterocycles. The summed E-state index contributed by atoms with van der Waals surface area (Å²) in [5.74, 6) is 0.0587. The molecule has 0 aliphatic rings. The maximum atomic E-state index is 12.0. The molecule has 1 aromatic carbocycles. The van der Waals surface area contributed by atoms with Crippen molar-refractivity contribution in [1.82, 2.24) is 5.32 Å². The van der Waals surface area contributed by atoms with Crippen LogP contribution in [0.4, 0.5) is 0 Å². The second-order valence-electron chi connectivity index (χ2n) is 7.72. The van der Waals surface area contributed by atoms with Gasteiger partial charge in [0.05, 0.1) is 0 Å². The van der Waals surface area contributed by atoms with Crippen molar-refractivity contribution in [2.24, 2.45) is 0 Å². The minimum absolute atomic E-state index is 0.0587. The number of benzene rings is 1. The maximum absolute atomic E-state index is 12.0. The van der Waals surface area contributed by atoms with Crippen LogP contribution in [0.3, 0.4) is 0 Å². The predicted molar refractivity (Wildman–Crippen MR) is 114 cm³/mol. The molecule has 0 saturated carbocycles. The van der Waals surface area contributed by atoms with Crippen LogP contribution in [0.15, 0.2) is 24.3 Å². The van der Waals surface area contributed by atoms with E-state index in [0.717, 1.165) is 24.1 Å². The summed E-state index contributed by atoms with van der Waals surface area (Å²) in [4.78, 5) is 12.0. The van der Waals surface area contributed by atoms with Gasteiger partial charge in [0, 0.05) is 12.1 Å². The Morgan fingerprint density at radius 3 is 1.77 bits per heavy atom. The summed E-state index contributed by atoms with van der Waals surface area (Å²) < 4.78 is 0. The highest BCUT2D eigenvalue weighted by molar-refractivity contribution is 5.94. The Hall–Kier alpha value is -1.31. The van der Waals surface area contributed by atoms with Crippen molar-refractivity contribution in [2.75, 3.05) is 6.54 Å². The molecule has 0 aliphatic carbocycles. The molecular formula is C24H41NO. The molecule has 0 bridgehead atoms. The third-order valence-corrected chi connectivity index (χ3v) is 5.10. The molecule has 26 heavy (non-hydrogen) atoms. The van der Waals surface area contributed by atoms with Crippen molar-refractivity contribution in [3.63, 3.8) is 0 Å². The zero-order valence-electron chi connectivity index (χ0n) is 17.3.